The van der Waals surface area contributed by atoms with Gasteiger partial charge in [-0.05, 0) is 81.4 Å². The average molecular weight is 558 g/mol. The first-order valence-electron chi connectivity index (χ1n) is 14.7. The van der Waals surface area contributed by atoms with E-state index in [-0.39, 0.29) is 49.1 Å². The molecule has 3 heterocycles. The summed E-state index contributed by atoms with van der Waals surface area (Å²) in [5.74, 6) is 0.0883. The van der Waals surface area contributed by atoms with Crippen LogP contribution in [0, 0.1) is 5.92 Å². The van der Waals surface area contributed by atoms with E-state index < -0.39 is 5.97 Å². The molecule has 9 heteroatoms. The highest BCUT2D eigenvalue weighted by atomic mass is 16.7. The number of aliphatic carboxylic acids is 1. The molecule has 2 saturated heterocycles. The SMILES string of the molecule is C=CCCC(=O)CC1CCc2cc(OCCCC(=O)O)c(OC)cc2C(=O)N2CCCC2C1OC1CCCCO1. The fourth-order valence-corrected chi connectivity index (χ4v) is 6.12. The molecule has 1 amide bonds. The first-order valence-corrected chi connectivity index (χ1v) is 14.7. The second-order valence-corrected chi connectivity index (χ2v) is 11.0. The predicted octanol–water partition coefficient (Wildman–Crippen LogP) is 4.94. The minimum atomic E-state index is -0.875. The van der Waals surface area contributed by atoms with Crippen LogP contribution in [0.1, 0.15) is 86.6 Å². The zero-order valence-corrected chi connectivity index (χ0v) is 23.6. The van der Waals surface area contributed by atoms with Crippen LogP contribution < -0.4 is 9.47 Å². The van der Waals surface area contributed by atoms with E-state index in [1.165, 1.54) is 7.11 Å². The number of allylic oxidation sites excluding steroid dienone is 1. The van der Waals surface area contributed by atoms with Crippen LogP contribution >= 0.6 is 0 Å². The monoisotopic (exact) mass is 557 g/mol. The molecule has 220 valence electrons. The molecule has 0 radical (unpaired) electrons. The number of carboxylic acid groups (broad SMARTS) is 1. The van der Waals surface area contributed by atoms with Crippen LogP contribution in [0.3, 0.4) is 0 Å². The molecular weight excluding hydrogens is 514 g/mol. The number of fused-ring (bicyclic) bond motifs is 2. The van der Waals surface area contributed by atoms with E-state index in [9.17, 15) is 14.4 Å². The molecular formula is C31H43NO8. The molecule has 0 aromatic heterocycles. The van der Waals surface area contributed by atoms with Gasteiger partial charge in [-0.25, -0.2) is 0 Å². The van der Waals surface area contributed by atoms with Crippen molar-refractivity contribution in [3.05, 3.63) is 35.9 Å². The Morgan fingerprint density at radius 3 is 2.73 bits per heavy atom. The highest BCUT2D eigenvalue weighted by Crippen LogP contribution is 2.39. The van der Waals surface area contributed by atoms with Crippen LogP contribution in [0.5, 0.6) is 11.5 Å². The first-order chi connectivity index (χ1) is 19.4. The van der Waals surface area contributed by atoms with Gasteiger partial charge in [-0.3, -0.25) is 14.4 Å². The lowest BCUT2D eigenvalue weighted by molar-refractivity contribution is -0.209. The number of hydrogen-bond acceptors (Lipinski definition) is 7. The Kier molecular flexibility index (Phi) is 11.0. The number of carbonyl (C=O) groups excluding carboxylic acids is 2. The standard InChI is InChI=1S/C31H43NO8/c1-3-4-9-23(33)18-22-14-13-21-19-27(38-17-8-11-28(34)35)26(37-2)20-24(21)31(36)32-15-7-10-25(32)30(22)40-29-12-5-6-16-39-29/h3,19-20,22,25,29-30H,1,4-18H2,2H3,(H,34,35). The maximum Gasteiger partial charge on any atom is 0.303 e. The van der Waals surface area contributed by atoms with E-state index in [1.54, 1.807) is 12.1 Å². The third-order valence-corrected chi connectivity index (χ3v) is 8.16. The van der Waals surface area contributed by atoms with Crippen molar-refractivity contribution in [2.45, 2.75) is 95.5 Å². The molecule has 0 aliphatic carbocycles. The van der Waals surface area contributed by atoms with Gasteiger partial charge in [0.05, 0.1) is 25.9 Å². The predicted molar refractivity (Wildman–Crippen MR) is 149 cm³/mol. The zero-order chi connectivity index (χ0) is 28.5. The number of Topliss-reactive ketones (excluding diaryl/α,β-unsaturated/α-hetero) is 1. The Hall–Kier alpha value is -2.91. The molecule has 0 bridgehead atoms. The lowest BCUT2D eigenvalue weighted by Gasteiger charge is -2.38. The van der Waals surface area contributed by atoms with Gasteiger partial charge in [0.1, 0.15) is 5.78 Å². The third-order valence-electron chi connectivity index (χ3n) is 8.16. The van der Waals surface area contributed by atoms with Crippen molar-refractivity contribution in [2.24, 2.45) is 5.92 Å². The number of rotatable bonds is 13. The summed E-state index contributed by atoms with van der Waals surface area (Å²) < 4.78 is 24.1. The molecule has 0 spiro atoms. The van der Waals surface area contributed by atoms with Gasteiger partial charge in [0.2, 0.25) is 0 Å². The highest BCUT2D eigenvalue weighted by molar-refractivity contribution is 5.97. The van der Waals surface area contributed by atoms with Crippen LogP contribution in [-0.4, -0.2) is 73.0 Å². The quantitative estimate of drug-likeness (QED) is 0.268. The van der Waals surface area contributed by atoms with Crippen molar-refractivity contribution in [1.29, 1.82) is 0 Å². The summed E-state index contributed by atoms with van der Waals surface area (Å²) in [5.41, 5.74) is 1.41. The summed E-state index contributed by atoms with van der Waals surface area (Å²) in [6, 6.07) is 3.45. The Labute approximate surface area is 236 Å². The van der Waals surface area contributed by atoms with E-state index in [2.05, 4.69) is 6.58 Å². The summed E-state index contributed by atoms with van der Waals surface area (Å²) >= 11 is 0. The van der Waals surface area contributed by atoms with E-state index >= 15 is 0 Å². The number of amides is 1. The molecule has 1 N–H and O–H groups in total. The van der Waals surface area contributed by atoms with Crippen molar-refractivity contribution in [1.82, 2.24) is 4.90 Å². The summed E-state index contributed by atoms with van der Waals surface area (Å²) in [4.78, 5) is 39.9. The lowest BCUT2D eigenvalue weighted by atomic mass is 9.85. The fraction of sp³-hybridized carbons (Fsp3) is 0.645. The normalized spacial score (nSPS) is 24.7. The minimum Gasteiger partial charge on any atom is -0.493 e. The first kappa shape index (κ1) is 30.1. The van der Waals surface area contributed by atoms with Gasteiger partial charge in [-0.2, -0.15) is 0 Å². The van der Waals surface area contributed by atoms with E-state index in [4.69, 9.17) is 24.1 Å². The van der Waals surface area contributed by atoms with Crippen molar-refractivity contribution >= 4 is 17.7 Å². The van der Waals surface area contributed by atoms with Crippen LogP contribution in [-0.2, 0) is 25.5 Å². The minimum absolute atomic E-state index is 0.00967. The smallest absolute Gasteiger partial charge is 0.303 e. The molecule has 1 aromatic carbocycles. The average Bonchev–Trinajstić information content (AvgIpc) is 3.45. The Morgan fingerprint density at radius 1 is 1.15 bits per heavy atom. The Balaban J connectivity index is 1.65. The number of ether oxygens (including phenoxy) is 4. The maximum atomic E-state index is 14.0. The second-order valence-electron chi connectivity index (χ2n) is 11.0. The molecule has 4 rings (SSSR count). The van der Waals surface area contributed by atoms with Crippen molar-refractivity contribution in [2.75, 3.05) is 26.9 Å². The lowest BCUT2D eigenvalue weighted by Crippen LogP contribution is -2.49. The summed E-state index contributed by atoms with van der Waals surface area (Å²) in [6.07, 6.45) is 8.78. The van der Waals surface area contributed by atoms with Crippen LogP contribution in [0.15, 0.2) is 24.8 Å². The van der Waals surface area contributed by atoms with Gasteiger partial charge < -0.3 is 29.0 Å². The molecule has 2 fully saturated rings. The van der Waals surface area contributed by atoms with Gasteiger partial charge in [0.25, 0.3) is 5.91 Å². The molecule has 4 atom stereocenters. The van der Waals surface area contributed by atoms with E-state index in [0.29, 0.717) is 68.7 Å². The number of hydrogen-bond donors (Lipinski definition) is 1. The maximum absolute atomic E-state index is 14.0. The number of ketones is 1. The Morgan fingerprint density at radius 2 is 2.00 bits per heavy atom. The molecule has 0 saturated carbocycles. The number of carbonyl (C=O) groups is 3. The van der Waals surface area contributed by atoms with E-state index in [1.807, 2.05) is 11.0 Å². The Bertz CT molecular complexity index is 1050. The molecule has 9 nitrogen and oxygen atoms in total. The van der Waals surface area contributed by atoms with Gasteiger partial charge in [-0.1, -0.05) is 6.08 Å². The number of benzene rings is 1. The second kappa shape index (κ2) is 14.6. The summed E-state index contributed by atoms with van der Waals surface area (Å²) in [6.45, 7) is 5.27. The number of aryl methyl sites for hydroxylation is 1. The number of methoxy groups -OCH3 is 1. The van der Waals surface area contributed by atoms with Crippen LogP contribution in [0.2, 0.25) is 0 Å². The van der Waals surface area contributed by atoms with Crippen LogP contribution in [0.4, 0.5) is 0 Å². The zero-order valence-electron chi connectivity index (χ0n) is 23.6. The topological polar surface area (TPSA) is 112 Å². The fourth-order valence-electron chi connectivity index (χ4n) is 6.12. The van der Waals surface area contributed by atoms with Crippen molar-refractivity contribution < 1.29 is 38.4 Å². The van der Waals surface area contributed by atoms with Gasteiger partial charge in [0, 0.05) is 38.0 Å². The number of carboxylic acids is 1. The largest absolute Gasteiger partial charge is 0.493 e. The van der Waals surface area contributed by atoms with E-state index in [0.717, 1.165) is 37.7 Å². The van der Waals surface area contributed by atoms with Crippen molar-refractivity contribution in [3.63, 3.8) is 0 Å². The summed E-state index contributed by atoms with van der Waals surface area (Å²) in [5, 5.41) is 8.95. The number of nitrogens with zero attached hydrogens (tertiary/aromatic N) is 1. The van der Waals surface area contributed by atoms with Crippen LogP contribution in [0.25, 0.3) is 0 Å². The van der Waals surface area contributed by atoms with Gasteiger partial charge in [-0.15, -0.1) is 6.58 Å². The van der Waals surface area contributed by atoms with Crippen molar-refractivity contribution in [3.8, 4) is 11.5 Å². The molecule has 4 unspecified atom stereocenters. The third kappa shape index (κ3) is 7.63. The van der Waals surface area contributed by atoms with Gasteiger partial charge >= 0.3 is 5.97 Å². The molecule has 3 aliphatic heterocycles. The molecule has 3 aliphatic rings. The van der Waals surface area contributed by atoms with Gasteiger partial charge in [0.15, 0.2) is 17.8 Å². The molecule has 1 aromatic rings. The highest BCUT2D eigenvalue weighted by Gasteiger charge is 2.43. The molecule has 40 heavy (non-hydrogen) atoms. The summed E-state index contributed by atoms with van der Waals surface area (Å²) in [7, 11) is 1.53.